The lowest BCUT2D eigenvalue weighted by molar-refractivity contribution is 0.534. The van der Waals surface area contributed by atoms with Gasteiger partial charge in [0.15, 0.2) is 5.65 Å². The number of hydrogen-bond donors (Lipinski definition) is 0. The van der Waals surface area contributed by atoms with Crippen LogP contribution in [0.25, 0.3) is 27.6 Å². The Labute approximate surface area is 102 Å². The molecule has 0 N–H and O–H groups in total. The lowest BCUT2D eigenvalue weighted by Gasteiger charge is -2.01. The van der Waals surface area contributed by atoms with Gasteiger partial charge >= 0.3 is 0 Å². The van der Waals surface area contributed by atoms with Crippen LogP contribution in [0.3, 0.4) is 0 Å². The van der Waals surface area contributed by atoms with E-state index in [1.54, 1.807) is 6.07 Å². The van der Waals surface area contributed by atoms with Gasteiger partial charge in [0, 0.05) is 5.39 Å². The smallest absolute Gasteiger partial charge is 0.252 e. The van der Waals surface area contributed by atoms with Crippen molar-refractivity contribution in [3.63, 3.8) is 0 Å². The highest BCUT2D eigenvalue weighted by atomic mass is 19.1. The molecule has 0 atom stereocenters. The van der Waals surface area contributed by atoms with Gasteiger partial charge in [0.05, 0.1) is 16.6 Å². The SMILES string of the molecule is Fc1nc2ccccc2c2nc3ccccc3n12. The van der Waals surface area contributed by atoms with Gasteiger partial charge in [0.1, 0.15) is 0 Å². The van der Waals surface area contributed by atoms with Crippen molar-refractivity contribution in [2.24, 2.45) is 0 Å². The summed E-state index contributed by atoms with van der Waals surface area (Å²) >= 11 is 0. The topological polar surface area (TPSA) is 30.2 Å². The van der Waals surface area contributed by atoms with Crippen molar-refractivity contribution < 1.29 is 4.39 Å². The third kappa shape index (κ3) is 1.12. The zero-order valence-corrected chi connectivity index (χ0v) is 9.34. The van der Waals surface area contributed by atoms with Gasteiger partial charge in [-0.25, -0.2) is 9.97 Å². The lowest BCUT2D eigenvalue weighted by Crippen LogP contribution is -1.97. The molecule has 2 aromatic heterocycles. The molecule has 2 heterocycles. The predicted octanol–water partition coefficient (Wildman–Crippen LogP) is 3.17. The zero-order valence-electron chi connectivity index (χ0n) is 9.34. The molecule has 4 aromatic rings. The summed E-state index contributed by atoms with van der Waals surface area (Å²) in [4.78, 5) is 8.47. The first-order chi connectivity index (χ1) is 8.84. The summed E-state index contributed by atoms with van der Waals surface area (Å²) in [6, 6.07) is 14.9. The molecular weight excluding hydrogens is 229 g/mol. The van der Waals surface area contributed by atoms with Gasteiger partial charge in [-0.05, 0) is 24.3 Å². The van der Waals surface area contributed by atoms with Gasteiger partial charge in [0.25, 0.3) is 6.08 Å². The fourth-order valence-corrected chi connectivity index (χ4v) is 2.30. The number of halogens is 1. The molecule has 18 heavy (non-hydrogen) atoms. The molecular formula is C14H8FN3. The maximum Gasteiger partial charge on any atom is 0.296 e. The number of para-hydroxylation sites is 3. The Kier molecular flexibility index (Phi) is 1.73. The second-order valence-corrected chi connectivity index (χ2v) is 4.16. The molecule has 2 aromatic carbocycles. The van der Waals surface area contributed by atoms with Gasteiger partial charge in [0.2, 0.25) is 0 Å². The minimum Gasteiger partial charge on any atom is -0.252 e. The number of aromatic nitrogens is 3. The Morgan fingerprint density at radius 2 is 1.56 bits per heavy atom. The largest absolute Gasteiger partial charge is 0.296 e. The van der Waals surface area contributed by atoms with Crippen LogP contribution in [0.15, 0.2) is 48.5 Å². The van der Waals surface area contributed by atoms with E-state index in [2.05, 4.69) is 9.97 Å². The van der Waals surface area contributed by atoms with E-state index in [0.29, 0.717) is 11.2 Å². The van der Waals surface area contributed by atoms with E-state index in [4.69, 9.17) is 0 Å². The van der Waals surface area contributed by atoms with Crippen LogP contribution < -0.4 is 0 Å². The quantitative estimate of drug-likeness (QED) is 0.440. The van der Waals surface area contributed by atoms with Gasteiger partial charge in [-0.15, -0.1) is 0 Å². The molecule has 4 rings (SSSR count). The molecule has 0 aliphatic rings. The molecule has 86 valence electrons. The molecule has 0 radical (unpaired) electrons. The van der Waals surface area contributed by atoms with E-state index in [1.807, 2.05) is 42.5 Å². The monoisotopic (exact) mass is 237 g/mol. The van der Waals surface area contributed by atoms with Gasteiger partial charge in [-0.2, -0.15) is 4.39 Å². The maximum atomic E-state index is 14.1. The third-order valence-electron chi connectivity index (χ3n) is 3.10. The summed E-state index contributed by atoms with van der Waals surface area (Å²) in [5, 5.41) is 0.857. The summed E-state index contributed by atoms with van der Waals surface area (Å²) in [5.74, 6) is 0. The average Bonchev–Trinajstić information content (AvgIpc) is 2.79. The number of benzene rings is 2. The van der Waals surface area contributed by atoms with E-state index in [9.17, 15) is 4.39 Å². The zero-order chi connectivity index (χ0) is 12.1. The number of rotatable bonds is 0. The number of imidazole rings is 1. The molecule has 0 amide bonds. The van der Waals surface area contributed by atoms with Crippen LogP contribution in [-0.4, -0.2) is 14.4 Å². The molecule has 3 nitrogen and oxygen atoms in total. The van der Waals surface area contributed by atoms with Crippen molar-refractivity contribution in [3.05, 3.63) is 54.6 Å². The van der Waals surface area contributed by atoms with Crippen LogP contribution in [0.5, 0.6) is 0 Å². The van der Waals surface area contributed by atoms with E-state index in [-0.39, 0.29) is 0 Å². The molecule has 0 aliphatic heterocycles. The van der Waals surface area contributed by atoms with Crippen LogP contribution in [0.1, 0.15) is 0 Å². The number of nitrogens with zero attached hydrogens (tertiary/aromatic N) is 3. The van der Waals surface area contributed by atoms with Gasteiger partial charge in [-0.3, -0.25) is 4.40 Å². The lowest BCUT2D eigenvalue weighted by atomic mass is 10.2. The minimum atomic E-state index is -0.530. The fraction of sp³-hybridized carbons (Fsp3) is 0. The summed E-state index contributed by atoms with van der Waals surface area (Å²) in [6.45, 7) is 0. The maximum absolute atomic E-state index is 14.1. The van der Waals surface area contributed by atoms with Crippen LogP contribution >= 0.6 is 0 Å². The molecule has 0 saturated heterocycles. The second-order valence-electron chi connectivity index (χ2n) is 4.16. The molecule has 4 heteroatoms. The summed E-state index contributed by atoms with van der Waals surface area (Å²) in [7, 11) is 0. The highest BCUT2D eigenvalue weighted by molar-refractivity contribution is 5.95. The molecule has 0 saturated carbocycles. The van der Waals surface area contributed by atoms with Crippen molar-refractivity contribution in [1.82, 2.24) is 14.4 Å². The molecule has 0 fully saturated rings. The predicted molar refractivity (Wildman–Crippen MR) is 68.0 cm³/mol. The summed E-state index contributed by atoms with van der Waals surface area (Å²) < 4.78 is 15.5. The van der Waals surface area contributed by atoms with E-state index < -0.39 is 6.08 Å². The Balaban J connectivity index is 2.38. The van der Waals surface area contributed by atoms with E-state index in [1.165, 1.54) is 4.40 Å². The first-order valence-corrected chi connectivity index (χ1v) is 5.66. The summed E-state index contributed by atoms with van der Waals surface area (Å²) in [5.41, 5.74) is 2.75. The van der Waals surface area contributed by atoms with Crippen LogP contribution in [-0.2, 0) is 0 Å². The van der Waals surface area contributed by atoms with Crippen LogP contribution in [0.2, 0.25) is 0 Å². The molecule has 0 unspecified atom stereocenters. The van der Waals surface area contributed by atoms with Crippen molar-refractivity contribution in [3.8, 4) is 0 Å². The Morgan fingerprint density at radius 1 is 0.833 bits per heavy atom. The number of hydrogen-bond acceptors (Lipinski definition) is 2. The highest BCUT2D eigenvalue weighted by Crippen LogP contribution is 2.23. The standard InChI is InChI=1S/C14H8FN3/c15-14-17-10-6-2-1-5-9(10)13-16-11-7-3-4-8-12(11)18(13)14/h1-8H. The highest BCUT2D eigenvalue weighted by Gasteiger charge is 2.12. The molecule has 0 aliphatic carbocycles. The molecule has 0 spiro atoms. The van der Waals surface area contributed by atoms with Crippen molar-refractivity contribution in [2.75, 3.05) is 0 Å². The normalized spacial score (nSPS) is 11.6. The Bertz CT molecular complexity index is 895. The number of fused-ring (bicyclic) bond motifs is 5. The van der Waals surface area contributed by atoms with Crippen molar-refractivity contribution >= 4 is 27.6 Å². The first-order valence-electron chi connectivity index (χ1n) is 5.66. The van der Waals surface area contributed by atoms with Crippen LogP contribution in [0, 0.1) is 6.08 Å². The van der Waals surface area contributed by atoms with E-state index >= 15 is 0 Å². The summed E-state index contributed by atoms with van der Waals surface area (Å²) in [6.07, 6.45) is -0.530. The minimum absolute atomic E-state index is 0.530. The van der Waals surface area contributed by atoms with Gasteiger partial charge in [-0.1, -0.05) is 24.3 Å². The first kappa shape index (κ1) is 9.53. The van der Waals surface area contributed by atoms with Gasteiger partial charge < -0.3 is 0 Å². The Hall–Kier alpha value is -2.49. The fourth-order valence-electron chi connectivity index (χ4n) is 2.30. The average molecular weight is 237 g/mol. The third-order valence-corrected chi connectivity index (χ3v) is 3.10. The van der Waals surface area contributed by atoms with E-state index in [0.717, 1.165) is 16.4 Å². The van der Waals surface area contributed by atoms with Crippen molar-refractivity contribution in [1.29, 1.82) is 0 Å². The Morgan fingerprint density at radius 3 is 2.44 bits per heavy atom. The van der Waals surface area contributed by atoms with Crippen molar-refractivity contribution in [2.45, 2.75) is 0 Å². The molecule has 0 bridgehead atoms. The second kappa shape index (κ2) is 3.26. The van der Waals surface area contributed by atoms with Crippen LogP contribution in [0.4, 0.5) is 4.39 Å².